The van der Waals surface area contributed by atoms with E-state index >= 15 is 0 Å². The molecule has 0 amide bonds. The lowest BCUT2D eigenvalue weighted by Gasteiger charge is -2.07. The number of aliphatic imine (C=N–C) groups is 1. The minimum absolute atomic E-state index is 0.349. The summed E-state index contributed by atoms with van der Waals surface area (Å²) in [6, 6.07) is 16.0. The quantitative estimate of drug-likeness (QED) is 0.431. The van der Waals surface area contributed by atoms with Gasteiger partial charge in [-0.25, -0.2) is 4.98 Å². The molecule has 1 heterocycles. The number of para-hydroxylation sites is 1. The summed E-state index contributed by atoms with van der Waals surface area (Å²) in [6.45, 7) is 1.07. The van der Waals surface area contributed by atoms with Crippen LogP contribution in [-0.4, -0.2) is 24.6 Å². The Hall–Kier alpha value is -2.90. The van der Waals surface area contributed by atoms with Crippen molar-refractivity contribution in [1.82, 2.24) is 4.98 Å². The smallest absolute Gasteiger partial charge is 0.194 e. The molecule has 0 fully saturated rings. The highest BCUT2D eigenvalue weighted by Gasteiger charge is 2.06. The van der Waals surface area contributed by atoms with Gasteiger partial charge in [0.1, 0.15) is 5.75 Å². The van der Waals surface area contributed by atoms with Gasteiger partial charge >= 0.3 is 0 Å². The van der Waals surface area contributed by atoms with Crippen molar-refractivity contribution in [2.45, 2.75) is 13.0 Å². The monoisotopic (exact) mass is 381 g/mol. The summed E-state index contributed by atoms with van der Waals surface area (Å²) in [5.74, 6) is 1.21. The number of nitrogens with one attached hydrogen (secondary N) is 1. The SMILES string of the molecule is COc1ccccc1CCN=C(N)Nc1nc(-c2cccc(CN)c2)cs1. The van der Waals surface area contributed by atoms with Crippen molar-refractivity contribution in [3.63, 3.8) is 0 Å². The topological polar surface area (TPSA) is 98.5 Å². The maximum atomic E-state index is 5.99. The first-order chi connectivity index (χ1) is 13.2. The Morgan fingerprint density at radius 3 is 2.89 bits per heavy atom. The molecule has 140 valence electrons. The number of methoxy groups -OCH3 is 1. The molecule has 3 aromatic rings. The Kier molecular flexibility index (Phi) is 6.40. The summed E-state index contributed by atoms with van der Waals surface area (Å²) >= 11 is 1.49. The van der Waals surface area contributed by atoms with E-state index in [1.165, 1.54) is 11.3 Å². The van der Waals surface area contributed by atoms with Gasteiger partial charge in [-0.15, -0.1) is 11.3 Å². The fourth-order valence-electron chi connectivity index (χ4n) is 2.68. The van der Waals surface area contributed by atoms with Gasteiger partial charge in [-0.05, 0) is 29.7 Å². The van der Waals surface area contributed by atoms with E-state index in [1.807, 2.05) is 53.9 Å². The van der Waals surface area contributed by atoms with Crippen molar-refractivity contribution >= 4 is 22.4 Å². The minimum atomic E-state index is 0.349. The summed E-state index contributed by atoms with van der Waals surface area (Å²) in [4.78, 5) is 8.95. The van der Waals surface area contributed by atoms with Crippen molar-refractivity contribution in [1.29, 1.82) is 0 Å². The van der Waals surface area contributed by atoms with Crippen molar-refractivity contribution in [3.05, 3.63) is 65.0 Å². The van der Waals surface area contributed by atoms with Gasteiger partial charge in [0, 0.05) is 24.0 Å². The summed E-state index contributed by atoms with van der Waals surface area (Å²) in [6.07, 6.45) is 0.751. The standard InChI is InChI=1S/C20H23N5OS/c1-26-18-8-3-2-6-15(18)9-10-23-19(22)25-20-24-17(13-27-20)16-7-4-5-14(11-16)12-21/h2-8,11,13H,9-10,12,21H2,1H3,(H3,22,23,24,25). The van der Waals surface area contributed by atoms with Gasteiger partial charge < -0.3 is 21.5 Å². The van der Waals surface area contributed by atoms with Crippen LogP contribution in [0.4, 0.5) is 5.13 Å². The van der Waals surface area contributed by atoms with E-state index in [0.717, 1.165) is 34.6 Å². The van der Waals surface area contributed by atoms with E-state index in [1.54, 1.807) is 7.11 Å². The molecule has 0 spiro atoms. The molecule has 0 bridgehead atoms. The molecule has 2 aromatic carbocycles. The molecule has 3 rings (SSSR count). The van der Waals surface area contributed by atoms with Crippen LogP contribution in [0.3, 0.4) is 0 Å². The second-order valence-corrected chi connectivity index (χ2v) is 6.75. The number of nitrogens with zero attached hydrogens (tertiary/aromatic N) is 2. The lowest BCUT2D eigenvalue weighted by atomic mass is 10.1. The van der Waals surface area contributed by atoms with Crippen molar-refractivity contribution in [2.24, 2.45) is 16.5 Å². The number of benzene rings is 2. The predicted octanol–water partition coefficient (Wildman–Crippen LogP) is 3.25. The molecule has 0 saturated carbocycles. The molecule has 5 N–H and O–H groups in total. The lowest BCUT2D eigenvalue weighted by Crippen LogP contribution is -2.23. The van der Waals surface area contributed by atoms with Gasteiger partial charge in [-0.2, -0.15) is 0 Å². The molecule has 0 aliphatic rings. The number of hydrogen-bond acceptors (Lipinski definition) is 5. The number of rotatable bonds is 7. The molecule has 0 saturated heterocycles. The molecule has 7 heteroatoms. The Bertz CT molecular complexity index is 922. The Labute approximate surface area is 162 Å². The van der Waals surface area contributed by atoms with Gasteiger partial charge in [0.05, 0.1) is 12.8 Å². The van der Waals surface area contributed by atoms with Gasteiger partial charge in [0.2, 0.25) is 0 Å². The fraction of sp³-hybridized carbons (Fsp3) is 0.200. The molecule has 27 heavy (non-hydrogen) atoms. The molecular formula is C20H23N5OS. The average Bonchev–Trinajstić information content (AvgIpc) is 3.17. The van der Waals surface area contributed by atoms with Crippen molar-refractivity contribution in [2.75, 3.05) is 19.0 Å². The number of guanidine groups is 1. The van der Waals surface area contributed by atoms with E-state index in [9.17, 15) is 0 Å². The first kappa shape index (κ1) is 18.9. The van der Waals surface area contributed by atoms with Crippen LogP contribution in [0.25, 0.3) is 11.3 Å². The summed E-state index contributed by atoms with van der Waals surface area (Å²) < 4.78 is 5.35. The van der Waals surface area contributed by atoms with Crippen LogP contribution in [0.5, 0.6) is 5.75 Å². The highest BCUT2D eigenvalue weighted by Crippen LogP contribution is 2.25. The molecule has 0 aliphatic carbocycles. The maximum absolute atomic E-state index is 5.99. The van der Waals surface area contributed by atoms with Crippen LogP contribution >= 0.6 is 11.3 Å². The first-order valence-electron chi connectivity index (χ1n) is 8.63. The highest BCUT2D eigenvalue weighted by atomic mass is 32.1. The number of thiazole rings is 1. The lowest BCUT2D eigenvalue weighted by molar-refractivity contribution is 0.410. The number of aromatic nitrogens is 1. The van der Waals surface area contributed by atoms with E-state index in [0.29, 0.717) is 24.2 Å². The maximum Gasteiger partial charge on any atom is 0.194 e. The zero-order valence-electron chi connectivity index (χ0n) is 15.2. The van der Waals surface area contributed by atoms with Crippen LogP contribution in [0.1, 0.15) is 11.1 Å². The van der Waals surface area contributed by atoms with Gasteiger partial charge in [-0.1, -0.05) is 36.4 Å². The molecule has 0 unspecified atom stereocenters. The van der Waals surface area contributed by atoms with Crippen LogP contribution in [0, 0.1) is 0 Å². The molecule has 0 aliphatic heterocycles. The summed E-state index contributed by atoms with van der Waals surface area (Å²) in [5.41, 5.74) is 15.8. The number of anilines is 1. The van der Waals surface area contributed by atoms with Crippen LogP contribution in [-0.2, 0) is 13.0 Å². The molecule has 0 atom stereocenters. The first-order valence-corrected chi connectivity index (χ1v) is 9.51. The zero-order chi connectivity index (χ0) is 19.1. The number of hydrogen-bond donors (Lipinski definition) is 3. The van der Waals surface area contributed by atoms with E-state index in [-0.39, 0.29) is 0 Å². The van der Waals surface area contributed by atoms with Crippen molar-refractivity contribution < 1.29 is 4.74 Å². The Morgan fingerprint density at radius 1 is 1.22 bits per heavy atom. The Morgan fingerprint density at radius 2 is 2.07 bits per heavy atom. The highest BCUT2D eigenvalue weighted by molar-refractivity contribution is 7.14. The average molecular weight is 382 g/mol. The van der Waals surface area contributed by atoms with Gasteiger partial charge in [0.25, 0.3) is 0 Å². The fourth-order valence-corrected chi connectivity index (χ4v) is 3.40. The van der Waals surface area contributed by atoms with E-state index in [4.69, 9.17) is 16.2 Å². The van der Waals surface area contributed by atoms with Crippen LogP contribution in [0.2, 0.25) is 0 Å². The molecule has 1 aromatic heterocycles. The number of ether oxygens (including phenoxy) is 1. The normalized spacial score (nSPS) is 11.4. The van der Waals surface area contributed by atoms with Gasteiger partial charge in [-0.3, -0.25) is 4.99 Å². The molecule has 6 nitrogen and oxygen atoms in total. The summed E-state index contributed by atoms with van der Waals surface area (Å²) in [7, 11) is 1.67. The summed E-state index contributed by atoms with van der Waals surface area (Å²) in [5, 5.41) is 5.75. The Balaban J connectivity index is 1.60. The van der Waals surface area contributed by atoms with Crippen LogP contribution < -0.4 is 21.5 Å². The second-order valence-electron chi connectivity index (χ2n) is 5.90. The third-order valence-corrected chi connectivity index (χ3v) is 4.81. The molecule has 0 radical (unpaired) electrons. The third kappa shape index (κ3) is 5.06. The van der Waals surface area contributed by atoms with Crippen LogP contribution in [0.15, 0.2) is 58.9 Å². The zero-order valence-corrected chi connectivity index (χ0v) is 16.0. The largest absolute Gasteiger partial charge is 0.496 e. The third-order valence-electron chi connectivity index (χ3n) is 4.05. The molecular weight excluding hydrogens is 358 g/mol. The van der Waals surface area contributed by atoms with Gasteiger partial charge in [0.15, 0.2) is 11.1 Å². The number of nitrogens with two attached hydrogens (primary N) is 2. The minimum Gasteiger partial charge on any atom is -0.496 e. The van der Waals surface area contributed by atoms with Crippen molar-refractivity contribution in [3.8, 4) is 17.0 Å². The van der Waals surface area contributed by atoms with E-state index < -0.39 is 0 Å². The second kappa shape index (κ2) is 9.16. The van der Waals surface area contributed by atoms with E-state index in [2.05, 4.69) is 15.3 Å². The predicted molar refractivity (Wildman–Crippen MR) is 112 cm³/mol.